The summed E-state index contributed by atoms with van der Waals surface area (Å²) in [6.45, 7) is 0.429. The Labute approximate surface area is 145 Å². The summed E-state index contributed by atoms with van der Waals surface area (Å²) in [6, 6.07) is 23.0. The fraction of sp³-hybridized carbons (Fsp3) is 0.0500. The Morgan fingerprint density at radius 1 is 0.720 bits per heavy atom. The van der Waals surface area contributed by atoms with Crippen LogP contribution >= 0.6 is 0 Å². The van der Waals surface area contributed by atoms with Crippen LogP contribution in [-0.4, -0.2) is 15.2 Å². The predicted molar refractivity (Wildman–Crippen MR) is 93.7 cm³/mol. The molecule has 2 aromatic heterocycles. The van der Waals surface area contributed by atoms with Crippen molar-refractivity contribution >= 4 is 0 Å². The van der Waals surface area contributed by atoms with E-state index in [-0.39, 0.29) is 0 Å². The Hall–Kier alpha value is -3.47. The summed E-state index contributed by atoms with van der Waals surface area (Å²) in [5.74, 6) is 1.75. The van der Waals surface area contributed by atoms with Crippen molar-refractivity contribution < 1.29 is 9.15 Å². The lowest BCUT2D eigenvalue weighted by Crippen LogP contribution is -1.97. The van der Waals surface area contributed by atoms with E-state index in [0.29, 0.717) is 18.4 Å². The van der Waals surface area contributed by atoms with Crippen molar-refractivity contribution in [2.75, 3.05) is 0 Å². The van der Waals surface area contributed by atoms with Gasteiger partial charge in [-0.25, -0.2) is 0 Å². The minimum atomic E-state index is 0.429. The zero-order chi connectivity index (χ0) is 16.9. The normalized spacial score (nSPS) is 10.6. The molecule has 4 rings (SSSR count). The monoisotopic (exact) mass is 329 g/mol. The summed E-state index contributed by atoms with van der Waals surface area (Å²) in [5, 5.41) is 8.22. The fourth-order valence-corrected chi connectivity index (χ4v) is 2.37. The quantitative estimate of drug-likeness (QED) is 0.544. The van der Waals surface area contributed by atoms with E-state index in [1.807, 2.05) is 72.8 Å². The van der Waals surface area contributed by atoms with Crippen LogP contribution in [0.3, 0.4) is 0 Å². The molecule has 0 saturated heterocycles. The summed E-state index contributed by atoms with van der Waals surface area (Å²) in [6.07, 6.45) is 1.75. The van der Waals surface area contributed by atoms with Crippen LogP contribution in [0.1, 0.15) is 5.69 Å². The second kappa shape index (κ2) is 6.97. The molecule has 0 unspecified atom stereocenters. The van der Waals surface area contributed by atoms with Crippen LogP contribution in [0.4, 0.5) is 0 Å². The number of hydrogen-bond donors (Lipinski definition) is 0. The van der Waals surface area contributed by atoms with E-state index in [2.05, 4.69) is 15.2 Å². The topological polar surface area (TPSA) is 61.0 Å². The van der Waals surface area contributed by atoms with Gasteiger partial charge in [-0.05, 0) is 48.5 Å². The highest BCUT2D eigenvalue weighted by atomic mass is 16.5. The van der Waals surface area contributed by atoms with E-state index in [1.54, 1.807) is 6.20 Å². The summed E-state index contributed by atoms with van der Waals surface area (Å²) in [7, 11) is 0. The minimum absolute atomic E-state index is 0.429. The average Bonchev–Trinajstić information content (AvgIpc) is 3.19. The van der Waals surface area contributed by atoms with Crippen LogP contribution in [0.5, 0.6) is 5.75 Å². The lowest BCUT2D eigenvalue weighted by Gasteiger charge is -2.05. The Morgan fingerprint density at radius 2 is 1.40 bits per heavy atom. The molecular weight excluding hydrogens is 314 g/mol. The number of rotatable bonds is 5. The molecule has 0 aliphatic carbocycles. The molecule has 2 aromatic carbocycles. The summed E-state index contributed by atoms with van der Waals surface area (Å²) < 4.78 is 11.5. The number of benzene rings is 2. The molecule has 4 aromatic rings. The van der Waals surface area contributed by atoms with Crippen molar-refractivity contribution in [2.24, 2.45) is 0 Å². The van der Waals surface area contributed by atoms with Crippen molar-refractivity contribution in [3.05, 3.63) is 84.7 Å². The smallest absolute Gasteiger partial charge is 0.248 e. The van der Waals surface area contributed by atoms with Gasteiger partial charge in [-0.3, -0.25) is 4.98 Å². The first-order chi connectivity index (χ1) is 12.4. The Bertz CT molecular complexity index is 936. The first-order valence-corrected chi connectivity index (χ1v) is 7.90. The van der Waals surface area contributed by atoms with Gasteiger partial charge in [-0.2, -0.15) is 0 Å². The zero-order valence-electron chi connectivity index (χ0n) is 13.4. The second-order valence-electron chi connectivity index (χ2n) is 5.41. The highest BCUT2D eigenvalue weighted by Crippen LogP contribution is 2.25. The van der Waals surface area contributed by atoms with Gasteiger partial charge in [0.15, 0.2) is 0 Å². The molecule has 25 heavy (non-hydrogen) atoms. The number of pyridine rings is 1. The van der Waals surface area contributed by atoms with Crippen LogP contribution in [-0.2, 0) is 6.61 Å². The lowest BCUT2D eigenvalue weighted by atomic mass is 10.2. The Balaban J connectivity index is 1.46. The van der Waals surface area contributed by atoms with E-state index in [4.69, 9.17) is 9.15 Å². The van der Waals surface area contributed by atoms with Crippen molar-refractivity contribution in [3.63, 3.8) is 0 Å². The van der Waals surface area contributed by atoms with Gasteiger partial charge in [-0.1, -0.05) is 24.3 Å². The van der Waals surface area contributed by atoms with E-state index in [1.165, 1.54) is 0 Å². The second-order valence-corrected chi connectivity index (χ2v) is 5.41. The van der Waals surface area contributed by atoms with Crippen molar-refractivity contribution in [3.8, 4) is 28.7 Å². The molecule has 0 amide bonds. The number of aromatic nitrogens is 3. The summed E-state index contributed by atoms with van der Waals surface area (Å²) in [5.41, 5.74) is 2.63. The van der Waals surface area contributed by atoms with E-state index in [9.17, 15) is 0 Å². The molecule has 2 heterocycles. The molecule has 0 atom stereocenters. The van der Waals surface area contributed by atoms with Gasteiger partial charge in [0.2, 0.25) is 11.8 Å². The Kier molecular flexibility index (Phi) is 4.20. The van der Waals surface area contributed by atoms with Gasteiger partial charge >= 0.3 is 0 Å². The van der Waals surface area contributed by atoms with Crippen LogP contribution in [0, 0.1) is 0 Å². The van der Waals surface area contributed by atoms with Gasteiger partial charge in [-0.15, -0.1) is 10.2 Å². The average molecular weight is 329 g/mol. The number of nitrogens with zero attached hydrogens (tertiary/aromatic N) is 3. The van der Waals surface area contributed by atoms with Crippen molar-refractivity contribution in [2.45, 2.75) is 6.61 Å². The summed E-state index contributed by atoms with van der Waals surface area (Å²) in [4.78, 5) is 4.23. The van der Waals surface area contributed by atoms with Crippen LogP contribution in [0.15, 0.2) is 83.4 Å². The highest BCUT2D eigenvalue weighted by molar-refractivity contribution is 5.58. The molecule has 5 heteroatoms. The molecule has 0 bridgehead atoms. The number of ether oxygens (including phenoxy) is 1. The third-order valence-electron chi connectivity index (χ3n) is 3.66. The van der Waals surface area contributed by atoms with E-state index >= 15 is 0 Å². The molecular formula is C20H15N3O2. The maximum atomic E-state index is 5.75. The maximum absolute atomic E-state index is 5.75. The SMILES string of the molecule is c1ccc(-c2nnc(-c3ccc(OCc4ccccn4)cc3)o2)cc1. The first-order valence-electron chi connectivity index (χ1n) is 7.90. The third kappa shape index (κ3) is 3.55. The van der Waals surface area contributed by atoms with Gasteiger partial charge in [0.25, 0.3) is 0 Å². The predicted octanol–water partition coefficient (Wildman–Crippen LogP) is 4.38. The lowest BCUT2D eigenvalue weighted by molar-refractivity contribution is 0.301. The van der Waals surface area contributed by atoms with Crippen molar-refractivity contribution in [1.82, 2.24) is 15.2 Å². The third-order valence-corrected chi connectivity index (χ3v) is 3.66. The summed E-state index contributed by atoms with van der Waals surface area (Å²) >= 11 is 0. The van der Waals surface area contributed by atoms with E-state index in [0.717, 1.165) is 22.6 Å². The van der Waals surface area contributed by atoms with Gasteiger partial charge < -0.3 is 9.15 Å². The van der Waals surface area contributed by atoms with Gasteiger partial charge in [0.05, 0.1) is 5.69 Å². The van der Waals surface area contributed by atoms with E-state index < -0.39 is 0 Å². The minimum Gasteiger partial charge on any atom is -0.487 e. The van der Waals surface area contributed by atoms with Crippen molar-refractivity contribution in [1.29, 1.82) is 0 Å². The molecule has 0 saturated carbocycles. The Morgan fingerprint density at radius 3 is 2.08 bits per heavy atom. The molecule has 122 valence electrons. The van der Waals surface area contributed by atoms with Gasteiger partial charge in [0, 0.05) is 17.3 Å². The standard InChI is InChI=1S/C20H15N3O2/c1-2-6-15(7-3-1)19-22-23-20(25-19)16-9-11-18(12-10-16)24-14-17-8-4-5-13-21-17/h1-13H,14H2. The molecule has 0 aliphatic rings. The molecule has 5 nitrogen and oxygen atoms in total. The fourth-order valence-electron chi connectivity index (χ4n) is 2.37. The van der Waals surface area contributed by atoms with Crippen LogP contribution < -0.4 is 4.74 Å². The molecule has 0 N–H and O–H groups in total. The largest absolute Gasteiger partial charge is 0.487 e. The zero-order valence-corrected chi connectivity index (χ0v) is 13.4. The maximum Gasteiger partial charge on any atom is 0.248 e. The molecule has 0 spiro atoms. The van der Waals surface area contributed by atoms with Gasteiger partial charge in [0.1, 0.15) is 12.4 Å². The molecule has 0 radical (unpaired) electrons. The van der Waals surface area contributed by atoms with Crippen LogP contribution in [0.2, 0.25) is 0 Å². The molecule has 0 aliphatic heterocycles. The number of hydrogen-bond acceptors (Lipinski definition) is 5. The first kappa shape index (κ1) is 15.1. The van der Waals surface area contributed by atoms with Crippen LogP contribution in [0.25, 0.3) is 22.9 Å². The highest BCUT2D eigenvalue weighted by Gasteiger charge is 2.10. The molecule has 0 fully saturated rings.